The summed E-state index contributed by atoms with van der Waals surface area (Å²) in [7, 11) is 0. The Morgan fingerprint density at radius 1 is 1.24 bits per heavy atom. The number of carbonyl (C=O) groups is 1. The molecule has 0 fully saturated rings. The zero-order chi connectivity index (χ0) is 15.3. The number of fused-ring (bicyclic) bond motifs is 1. The van der Waals surface area contributed by atoms with Crippen molar-refractivity contribution in [2.24, 2.45) is 5.41 Å². The number of nitrogens with zero attached hydrogens (tertiary/aromatic N) is 2. The Morgan fingerprint density at radius 3 is 2.67 bits per heavy atom. The van der Waals surface area contributed by atoms with Crippen LogP contribution in [0.3, 0.4) is 0 Å². The molecule has 1 aromatic heterocycles. The Morgan fingerprint density at radius 2 is 1.95 bits per heavy atom. The second-order valence-electron chi connectivity index (χ2n) is 5.90. The van der Waals surface area contributed by atoms with Gasteiger partial charge >= 0.3 is 0 Å². The molecule has 0 atom stereocenters. The lowest BCUT2D eigenvalue weighted by molar-refractivity contribution is 0.0934. The van der Waals surface area contributed by atoms with Crippen molar-refractivity contribution >= 4 is 32.9 Å². The Balaban J connectivity index is 2.02. The van der Waals surface area contributed by atoms with Gasteiger partial charge in [0.05, 0.1) is 11.0 Å². The van der Waals surface area contributed by atoms with Crippen LogP contribution in [0.1, 0.15) is 37.0 Å². The highest BCUT2D eigenvalue weighted by Gasteiger charge is 2.18. The first kappa shape index (κ1) is 15.9. The number of halogens is 1. The monoisotopic (exact) mass is 349 g/mol. The number of nitrogens with one attached hydrogen (secondary N) is 1. The number of hydrogen-bond acceptors (Lipinski definition) is 3. The molecule has 0 spiro atoms. The highest BCUT2D eigenvalue weighted by atomic mass is 79.9. The summed E-state index contributed by atoms with van der Waals surface area (Å²) in [5.74, 6) is -0.0607. The summed E-state index contributed by atoms with van der Waals surface area (Å²) in [6, 6.07) is 5.40. The second-order valence-corrected chi connectivity index (χ2v) is 6.69. The maximum atomic E-state index is 12.2. The fourth-order valence-corrected chi connectivity index (χ4v) is 2.44. The van der Waals surface area contributed by atoms with E-state index in [0.29, 0.717) is 12.1 Å². The van der Waals surface area contributed by atoms with E-state index in [2.05, 4.69) is 45.1 Å². The zero-order valence-electron chi connectivity index (χ0n) is 12.4. The predicted octanol–water partition coefficient (Wildman–Crippen LogP) is 3.56. The number of hydrogen-bond donors (Lipinski definition) is 1. The molecule has 21 heavy (non-hydrogen) atoms. The molecule has 1 amide bonds. The second kappa shape index (κ2) is 6.98. The molecule has 0 aliphatic heterocycles. The van der Waals surface area contributed by atoms with Gasteiger partial charge in [0.15, 0.2) is 0 Å². The molecule has 5 heteroatoms. The first-order chi connectivity index (χ1) is 10.0. The van der Waals surface area contributed by atoms with Gasteiger partial charge in [0.1, 0.15) is 0 Å². The van der Waals surface area contributed by atoms with Crippen molar-refractivity contribution in [2.45, 2.75) is 26.7 Å². The number of benzene rings is 1. The Hall–Kier alpha value is -1.49. The number of rotatable bonds is 6. The van der Waals surface area contributed by atoms with Crippen LogP contribution in [0, 0.1) is 5.41 Å². The molecule has 1 aromatic carbocycles. The van der Waals surface area contributed by atoms with E-state index in [1.807, 2.05) is 6.07 Å². The van der Waals surface area contributed by atoms with E-state index in [9.17, 15) is 4.79 Å². The van der Waals surface area contributed by atoms with E-state index < -0.39 is 0 Å². The molecule has 2 aromatic rings. The summed E-state index contributed by atoms with van der Waals surface area (Å²) >= 11 is 3.44. The van der Waals surface area contributed by atoms with E-state index in [1.165, 1.54) is 0 Å². The van der Waals surface area contributed by atoms with E-state index in [4.69, 9.17) is 0 Å². The minimum atomic E-state index is -0.0607. The van der Waals surface area contributed by atoms with Crippen LogP contribution in [0.4, 0.5) is 0 Å². The van der Waals surface area contributed by atoms with Crippen molar-refractivity contribution < 1.29 is 4.79 Å². The third-order valence-corrected chi connectivity index (χ3v) is 4.01. The quantitative estimate of drug-likeness (QED) is 0.811. The number of carbonyl (C=O) groups excluding carboxylic acids is 1. The SMILES string of the molecule is CC(C)(CCCBr)CNC(=O)c1ccc2nccnc2c1. The lowest BCUT2D eigenvalue weighted by atomic mass is 9.88. The molecular weight excluding hydrogens is 330 g/mol. The van der Waals surface area contributed by atoms with Crippen LogP contribution in [0.15, 0.2) is 30.6 Å². The smallest absolute Gasteiger partial charge is 0.251 e. The van der Waals surface area contributed by atoms with Crippen LogP contribution in [0.25, 0.3) is 11.0 Å². The van der Waals surface area contributed by atoms with E-state index in [0.717, 1.165) is 29.2 Å². The van der Waals surface area contributed by atoms with Crippen molar-refractivity contribution in [1.82, 2.24) is 15.3 Å². The molecule has 2 rings (SSSR count). The minimum Gasteiger partial charge on any atom is -0.352 e. The molecule has 0 saturated carbocycles. The first-order valence-corrected chi connectivity index (χ1v) is 8.19. The molecule has 4 nitrogen and oxygen atoms in total. The van der Waals surface area contributed by atoms with Crippen LogP contribution in [0.2, 0.25) is 0 Å². The Labute approximate surface area is 133 Å². The summed E-state index contributed by atoms with van der Waals surface area (Å²) < 4.78 is 0. The van der Waals surface area contributed by atoms with Crippen LogP contribution in [-0.4, -0.2) is 27.7 Å². The highest BCUT2D eigenvalue weighted by Crippen LogP contribution is 2.22. The van der Waals surface area contributed by atoms with Crippen LogP contribution in [-0.2, 0) is 0 Å². The molecule has 0 radical (unpaired) electrons. The standard InChI is InChI=1S/C16H20BrN3O/c1-16(2,6-3-7-17)11-20-15(21)12-4-5-13-14(10-12)19-9-8-18-13/h4-5,8-10H,3,6-7,11H2,1-2H3,(H,20,21). The molecule has 1 heterocycles. The van der Waals surface area contributed by atoms with Crippen LogP contribution < -0.4 is 5.32 Å². The maximum Gasteiger partial charge on any atom is 0.251 e. The van der Waals surface area contributed by atoms with Crippen molar-refractivity contribution in [1.29, 1.82) is 0 Å². The summed E-state index contributed by atoms with van der Waals surface area (Å²) in [5, 5.41) is 4.00. The number of alkyl halides is 1. The van der Waals surface area contributed by atoms with Gasteiger partial charge in [0.25, 0.3) is 5.91 Å². The minimum absolute atomic E-state index is 0.0607. The van der Waals surface area contributed by atoms with Gasteiger partial charge in [-0.05, 0) is 36.5 Å². The van der Waals surface area contributed by atoms with Gasteiger partial charge in [-0.15, -0.1) is 0 Å². The summed E-state index contributed by atoms with van der Waals surface area (Å²) in [6.45, 7) is 5.00. The van der Waals surface area contributed by atoms with Crippen LogP contribution in [0.5, 0.6) is 0 Å². The Bertz CT molecular complexity index is 628. The lowest BCUT2D eigenvalue weighted by Gasteiger charge is -2.24. The fraction of sp³-hybridized carbons (Fsp3) is 0.438. The van der Waals surface area contributed by atoms with Crippen LogP contribution >= 0.6 is 15.9 Å². The molecule has 0 unspecified atom stereocenters. The van der Waals surface area contributed by atoms with Gasteiger partial charge in [-0.25, -0.2) is 0 Å². The molecule has 0 saturated heterocycles. The number of aromatic nitrogens is 2. The highest BCUT2D eigenvalue weighted by molar-refractivity contribution is 9.09. The molecular formula is C16H20BrN3O. The number of amides is 1. The van der Waals surface area contributed by atoms with E-state index >= 15 is 0 Å². The van der Waals surface area contributed by atoms with Gasteiger partial charge in [0.2, 0.25) is 0 Å². The summed E-state index contributed by atoms with van der Waals surface area (Å²) in [4.78, 5) is 20.7. The average molecular weight is 350 g/mol. The maximum absolute atomic E-state index is 12.2. The molecule has 0 aliphatic rings. The molecule has 0 aliphatic carbocycles. The third kappa shape index (κ3) is 4.49. The van der Waals surface area contributed by atoms with Gasteiger partial charge in [-0.3, -0.25) is 14.8 Å². The van der Waals surface area contributed by atoms with Gasteiger partial charge in [-0.2, -0.15) is 0 Å². The average Bonchev–Trinajstić information content (AvgIpc) is 2.50. The third-order valence-electron chi connectivity index (χ3n) is 3.45. The van der Waals surface area contributed by atoms with Gasteiger partial charge < -0.3 is 5.32 Å². The molecule has 112 valence electrons. The predicted molar refractivity (Wildman–Crippen MR) is 88.7 cm³/mol. The van der Waals surface area contributed by atoms with Crippen molar-refractivity contribution in [2.75, 3.05) is 11.9 Å². The zero-order valence-corrected chi connectivity index (χ0v) is 14.0. The van der Waals surface area contributed by atoms with Gasteiger partial charge in [-0.1, -0.05) is 29.8 Å². The topological polar surface area (TPSA) is 54.9 Å². The van der Waals surface area contributed by atoms with E-state index in [-0.39, 0.29) is 11.3 Å². The van der Waals surface area contributed by atoms with Crippen molar-refractivity contribution in [3.63, 3.8) is 0 Å². The van der Waals surface area contributed by atoms with Crippen molar-refractivity contribution in [3.8, 4) is 0 Å². The summed E-state index contributed by atoms with van der Waals surface area (Å²) in [5.41, 5.74) is 2.26. The van der Waals surface area contributed by atoms with Gasteiger partial charge in [0, 0.05) is 29.8 Å². The Kier molecular flexibility index (Phi) is 5.28. The molecule has 1 N–H and O–H groups in total. The first-order valence-electron chi connectivity index (χ1n) is 7.07. The summed E-state index contributed by atoms with van der Waals surface area (Å²) in [6.07, 6.45) is 5.46. The largest absolute Gasteiger partial charge is 0.352 e. The fourth-order valence-electron chi connectivity index (χ4n) is 2.16. The lowest BCUT2D eigenvalue weighted by Crippen LogP contribution is -2.34. The normalized spacial score (nSPS) is 11.6. The van der Waals surface area contributed by atoms with E-state index in [1.54, 1.807) is 24.5 Å². The van der Waals surface area contributed by atoms with Crippen molar-refractivity contribution in [3.05, 3.63) is 36.2 Å². The molecule has 0 bridgehead atoms.